The summed E-state index contributed by atoms with van der Waals surface area (Å²) in [6.07, 6.45) is 1.40. The van der Waals surface area contributed by atoms with Crippen LogP contribution >= 0.6 is 11.6 Å². The molecule has 0 radical (unpaired) electrons. The van der Waals surface area contributed by atoms with E-state index in [0.717, 1.165) is 0 Å². The number of nitrogens with zero attached hydrogens (tertiary/aromatic N) is 2. The molecular weight excluding hydrogens is 308 g/mol. The van der Waals surface area contributed by atoms with E-state index < -0.39 is 0 Å². The van der Waals surface area contributed by atoms with E-state index in [2.05, 4.69) is 39.6 Å². The molecule has 0 saturated heterocycles. The van der Waals surface area contributed by atoms with Gasteiger partial charge in [-0.05, 0) is 11.1 Å². The Morgan fingerprint density at radius 3 is 2.04 bits per heavy atom. The first-order valence-corrected chi connectivity index (χ1v) is 7.73. The van der Waals surface area contributed by atoms with Crippen LogP contribution in [0.25, 0.3) is 0 Å². The van der Waals surface area contributed by atoms with Gasteiger partial charge in [-0.3, -0.25) is 0 Å². The predicted octanol–water partition coefficient (Wildman–Crippen LogP) is 3.96. The molecule has 3 rings (SSSR count). The monoisotopic (exact) mass is 324 g/mol. The molecule has 23 heavy (non-hydrogen) atoms. The smallest absolute Gasteiger partial charge is 0.157 e. The van der Waals surface area contributed by atoms with Gasteiger partial charge in [0, 0.05) is 12.5 Å². The van der Waals surface area contributed by atoms with Crippen LogP contribution in [0.1, 0.15) is 17.0 Å². The Bertz CT molecular complexity index is 723. The molecule has 1 aromatic heterocycles. The highest BCUT2D eigenvalue weighted by molar-refractivity contribution is 6.32. The Morgan fingerprint density at radius 2 is 1.48 bits per heavy atom. The fraction of sp³-hybridized carbons (Fsp3) is 0.111. The number of nitrogens with one attached hydrogen (secondary N) is 1. The summed E-state index contributed by atoms with van der Waals surface area (Å²) in [5, 5.41) is 3.55. The van der Waals surface area contributed by atoms with Crippen LogP contribution < -0.4 is 11.1 Å². The van der Waals surface area contributed by atoms with Crippen molar-refractivity contribution < 1.29 is 0 Å². The SMILES string of the molecule is Nc1c(Cl)ncnc1NCC(c1ccccc1)c1ccccc1. The molecule has 0 atom stereocenters. The molecule has 2 aromatic carbocycles. The average Bonchev–Trinajstić information content (AvgIpc) is 2.60. The Hall–Kier alpha value is -2.59. The summed E-state index contributed by atoms with van der Waals surface area (Å²) in [5.41, 5.74) is 8.75. The average molecular weight is 325 g/mol. The van der Waals surface area contributed by atoms with Crippen molar-refractivity contribution in [1.82, 2.24) is 9.97 Å². The van der Waals surface area contributed by atoms with Gasteiger partial charge in [-0.25, -0.2) is 9.97 Å². The number of halogens is 1. The summed E-state index contributed by atoms with van der Waals surface area (Å²) in [5.74, 6) is 0.743. The van der Waals surface area contributed by atoms with E-state index in [9.17, 15) is 0 Å². The highest BCUT2D eigenvalue weighted by Gasteiger charge is 2.15. The summed E-state index contributed by atoms with van der Waals surface area (Å²) in [6.45, 7) is 0.658. The van der Waals surface area contributed by atoms with Crippen LogP contribution in [0.3, 0.4) is 0 Å². The molecule has 4 nitrogen and oxygen atoms in total. The van der Waals surface area contributed by atoms with E-state index in [-0.39, 0.29) is 11.1 Å². The third-order valence-corrected chi connectivity index (χ3v) is 4.01. The number of aromatic nitrogens is 2. The zero-order chi connectivity index (χ0) is 16.1. The summed E-state index contributed by atoms with van der Waals surface area (Å²) < 4.78 is 0. The number of benzene rings is 2. The lowest BCUT2D eigenvalue weighted by molar-refractivity contribution is 0.848. The standard InChI is InChI=1S/C18H17ClN4/c19-17-16(20)18(23-12-22-17)21-11-15(13-7-3-1-4-8-13)14-9-5-2-6-10-14/h1-10,12,15H,11,20H2,(H,21,22,23). The van der Waals surface area contributed by atoms with Gasteiger partial charge in [-0.2, -0.15) is 0 Å². The lowest BCUT2D eigenvalue weighted by Gasteiger charge is -2.19. The second-order valence-electron chi connectivity index (χ2n) is 5.18. The second-order valence-corrected chi connectivity index (χ2v) is 5.54. The van der Waals surface area contributed by atoms with E-state index >= 15 is 0 Å². The molecule has 3 N–H and O–H groups in total. The van der Waals surface area contributed by atoms with Gasteiger partial charge in [0.1, 0.15) is 12.0 Å². The van der Waals surface area contributed by atoms with Crippen molar-refractivity contribution in [1.29, 1.82) is 0 Å². The van der Waals surface area contributed by atoms with Gasteiger partial charge in [0.25, 0.3) is 0 Å². The van der Waals surface area contributed by atoms with Crippen molar-refractivity contribution in [2.75, 3.05) is 17.6 Å². The highest BCUT2D eigenvalue weighted by Crippen LogP contribution is 2.27. The molecule has 0 bridgehead atoms. The van der Waals surface area contributed by atoms with Crippen LogP contribution in [0.2, 0.25) is 5.15 Å². The molecule has 0 spiro atoms. The molecule has 0 aliphatic rings. The second kappa shape index (κ2) is 7.11. The topological polar surface area (TPSA) is 63.8 Å². The third kappa shape index (κ3) is 3.60. The summed E-state index contributed by atoms with van der Waals surface area (Å²) >= 11 is 5.95. The van der Waals surface area contributed by atoms with Gasteiger partial charge >= 0.3 is 0 Å². The van der Waals surface area contributed by atoms with Gasteiger partial charge in [-0.15, -0.1) is 0 Å². The maximum Gasteiger partial charge on any atom is 0.157 e. The molecule has 1 heterocycles. The fourth-order valence-corrected chi connectivity index (χ4v) is 2.65. The number of anilines is 2. The lowest BCUT2D eigenvalue weighted by atomic mass is 9.91. The number of rotatable bonds is 5. The number of nitrogens with two attached hydrogens (primary N) is 1. The van der Waals surface area contributed by atoms with Crippen LogP contribution in [0.15, 0.2) is 67.0 Å². The van der Waals surface area contributed by atoms with Crippen molar-refractivity contribution in [2.24, 2.45) is 0 Å². The molecule has 0 amide bonds. The van der Waals surface area contributed by atoms with Gasteiger partial charge in [0.15, 0.2) is 11.0 Å². The number of hydrogen-bond acceptors (Lipinski definition) is 4. The van der Waals surface area contributed by atoms with E-state index in [1.54, 1.807) is 0 Å². The number of hydrogen-bond donors (Lipinski definition) is 2. The first kappa shape index (κ1) is 15.3. The van der Waals surface area contributed by atoms with Crippen molar-refractivity contribution in [3.63, 3.8) is 0 Å². The van der Waals surface area contributed by atoms with Crippen molar-refractivity contribution >= 4 is 23.1 Å². The van der Waals surface area contributed by atoms with Crippen LogP contribution in [0.5, 0.6) is 0 Å². The van der Waals surface area contributed by atoms with Crippen molar-refractivity contribution in [3.05, 3.63) is 83.3 Å². The van der Waals surface area contributed by atoms with E-state index in [1.807, 2.05) is 36.4 Å². The van der Waals surface area contributed by atoms with Crippen LogP contribution in [0.4, 0.5) is 11.5 Å². The van der Waals surface area contributed by atoms with Gasteiger partial charge in [-0.1, -0.05) is 72.3 Å². The Kier molecular flexibility index (Phi) is 4.74. The van der Waals surface area contributed by atoms with Gasteiger partial charge in [0.05, 0.1) is 0 Å². The minimum atomic E-state index is 0.186. The summed E-state index contributed by atoms with van der Waals surface area (Å²) in [4.78, 5) is 8.04. The number of nitrogen functional groups attached to an aromatic ring is 1. The molecular formula is C18H17ClN4. The quantitative estimate of drug-likeness (QED) is 0.697. The Balaban J connectivity index is 1.86. The Morgan fingerprint density at radius 1 is 0.913 bits per heavy atom. The lowest BCUT2D eigenvalue weighted by Crippen LogP contribution is -2.16. The largest absolute Gasteiger partial charge is 0.393 e. The highest BCUT2D eigenvalue weighted by atomic mass is 35.5. The van der Waals surface area contributed by atoms with Crippen LogP contribution in [-0.4, -0.2) is 16.5 Å². The molecule has 5 heteroatoms. The van der Waals surface area contributed by atoms with Crippen molar-refractivity contribution in [3.8, 4) is 0 Å². The van der Waals surface area contributed by atoms with Crippen LogP contribution in [0, 0.1) is 0 Å². The molecule has 116 valence electrons. The first-order chi connectivity index (χ1) is 11.3. The molecule has 0 fully saturated rings. The first-order valence-electron chi connectivity index (χ1n) is 7.35. The van der Waals surface area contributed by atoms with Crippen LogP contribution in [-0.2, 0) is 0 Å². The third-order valence-electron chi connectivity index (χ3n) is 3.71. The van der Waals surface area contributed by atoms with E-state index in [0.29, 0.717) is 18.1 Å². The fourth-order valence-electron chi connectivity index (χ4n) is 2.51. The zero-order valence-corrected chi connectivity index (χ0v) is 13.2. The minimum absolute atomic E-state index is 0.186. The molecule has 3 aromatic rings. The maximum atomic E-state index is 5.95. The van der Waals surface area contributed by atoms with Crippen molar-refractivity contribution in [2.45, 2.75) is 5.92 Å². The molecule has 0 aliphatic carbocycles. The molecule has 0 saturated carbocycles. The normalized spacial score (nSPS) is 10.7. The Labute approximate surface area is 140 Å². The summed E-state index contributed by atoms with van der Waals surface area (Å²) in [7, 11) is 0. The zero-order valence-electron chi connectivity index (χ0n) is 12.5. The predicted molar refractivity (Wildman–Crippen MR) is 94.7 cm³/mol. The van der Waals surface area contributed by atoms with Gasteiger partial charge < -0.3 is 11.1 Å². The molecule has 0 unspecified atom stereocenters. The van der Waals surface area contributed by atoms with E-state index in [1.165, 1.54) is 17.5 Å². The maximum absolute atomic E-state index is 5.95. The molecule has 0 aliphatic heterocycles. The van der Waals surface area contributed by atoms with E-state index in [4.69, 9.17) is 17.3 Å². The minimum Gasteiger partial charge on any atom is -0.393 e. The summed E-state index contributed by atoms with van der Waals surface area (Å²) in [6, 6.07) is 20.7. The van der Waals surface area contributed by atoms with Gasteiger partial charge in [0.2, 0.25) is 0 Å².